The van der Waals surface area contributed by atoms with Gasteiger partial charge in [0.05, 0.1) is 12.5 Å². The molecule has 20 heavy (non-hydrogen) atoms. The predicted octanol–water partition coefficient (Wildman–Crippen LogP) is 2.08. The SMILES string of the molecule is O=C(O)C1CCN(C(=O)CNc2cccc(Cl)c2)CC1. The van der Waals surface area contributed by atoms with E-state index in [2.05, 4.69) is 5.32 Å². The molecule has 108 valence electrons. The van der Waals surface area contributed by atoms with Crippen LogP contribution in [0.25, 0.3) is 0 Å². The lowest BCUT2D eigenvalue weighted by atomic mass is 9.97. The van der Waals surface area contributed by atoms with E-state index >= 15 is 0 Å². The number of rotatable bonds is 4. The quantitative estimate of drug-likeness (QED) is 0.892. The van der Waals surface area contributed by atoms with Gasteiger partial charge in [-0.05, 0) is 31.0 Å². The van der Waals surface area contributed by atoms with Crippen LogP contribution in [0.15, 0.2) is 24.3 Å². The first-order valence-corrected chi connectivity index (χ1v) is 6.94. The molecule has 1 aromatic carbocycles. The average Bonchev–Trinajstić information content (AvgIpc) is 2.45. The third-order valence-electron chi connectivity index (χ3n) is 3.47. The van der Waals surface area contributed by atoms with Crippen molar-refractivity contribution >= 4 is 29.2 Å². The molecule has 1 amide bonds. The maximum Gasteiger partial charge on any atom is 0.306 e. The van der Waals surface area contributed by atoms with Crippen LogP contribution >= 0.6 is 11.6 Å². The molecule has 1 aliphatic heterocycles. The molecule has 1 saturated heterocycles. The molecule has 0 spiro atoms. The summed E-state index contributed by atoms with van der Waals surface area (Å²) in [5.74, 6) is -1.11. The number of halogens is 1. The van der Waals surface area contributed by atoms with E-state index in [-0.39, 0.29) is 18.4 Å². The standard InChI is InChI=1S/C14H17ClN2O3/c15-11-2-1-3-12(8-11)16-9-13(18)17-6-4-10(5-7-17)14(19)20/h1-3,8,10,16H,4-7,9H2,(H,19,20). The van der Waals surface area contributed by atoms with Gasteiger partial charge in [0.15, 0.2) is 0 Å². The number of anilines is 1. The van der Waals surface area contributed by atoms with Gasteiger partial charge in [0, 0.05) is 23.8 Å². The summed E-state index contributed by atoms with van der Waals surface area (Å²) in [4.78, 5) is 24.6. The highest BCUT2D eigenvalue weighted by molar-refractivity contribution is 6.30. The van der Waals surface area contributed by atoms with Crippen LogP contribution in [-0.4, -0.2) is 41.5 Å². The second-order valence-electron chi connectivity index (χ2n) is 4.86. The van der Waals surface area contributed by atoms with Gasteiger partial charge in [-0.3, -0.25) is 9.59 Å². The van der Waals surface area contributed by atoms with Crippen molar-refractivity contribution in [1.82, 2.24) is 4.90 Å². The van der Waals surface area contributed by atoms with Crippen molar-refractivity contribution in [3.63, 3.8) is 0 Å². The minimum absolute atomic E-state index is 0.0196. The molecule has 1 aliphatic rings. The summed E-state index contributed by atoms with van der Waals surface area (Å²) in [6.45, 7) is 1.21. The lowest BCUT2D eigenvalue weighted by Gasteiger charge is -2.30. The normalized spacial score (nSPS) is 15.9. The Hall–Kier alpha value is -1.75. The highest BCUT2D eigenvalue weighted by Gasteiger charge is 2.26. The first-order chi connectivity index (χ1) is 9.56. The number of carboxylic acids is 1. The summed E-state index contributed by atoms with van der Waals surface area (Å²) in [5, 5.41) is 12.6. The molecule has 1 heterocycles. The molecule has 0 aromatic heterocycles. The zero-order valence-electron chi connectivity index (χ0n) is 11.0. The van der Waals surface area contributed by atoms with E-state index in [0.29, 0.717) is 31.0 Å². The van der Waals surface area contributed by atoms with Crippen LogP contribution in [0.2, 0.25) is 5.02 Å². The number of likely N-dealkylation sites (tertiary alicyclic amines) is 1. The topological polar surface area (TPSA) is 69.6 Å². The number of hydrogen-bond acceptors (Lipinski definition) is 3. The molecule has 0 radical (unpaired) electrons. The van der Waals surface area contributed by atoms with Crippen molar-refractivity contribution < 1.29 is 14.7 Å². The monoisotopic (exact) mass is 296 g/mol. The molecule has 2 rings (SSSR count). The Morgan fingerprint density at radius 1 is 1.35 bits per heavy atom. The summed E-state index contributed by atoms with van der Waals surface area (Å²) in [6, 6.07) is 7.18. The molecule has 0 unspecified atom stereocenters. The van der Waals surface area contributed by atoms with Crippen molar-refractivity contribution in [1.29, 1.82) is 0 Å². The number of carboxylic acid groups (broad SMARTS) is 1. The Morgan fingerprint density at radius 2 is 2.05 bits per heavy atom. The zero-order valence-corrected chi connectivity index (χ0v) is 11.8. The summed E-state index contributed by atoms with van der Waals surface area (Å²) in [6.07, 6.45) is 1.05. The highest BCUT2D eigenvalue weighted by Crippen LogP contribution is 2.18. The molecule has 2 N–H and O–H groups in total. The summed E-state index contributed by atoms with van der Waals surface area (Å²) < 4.78 is 0. The highest BCUT2D eigenvalue weighted by atomic mass is 35.5. The Morgan fingerprint density at radius 3 is 2.65 bits per heavy atom. The number of aliphatic carboxylic acids is 1. The Balaban J connectivity index is 1.80. The number of benzene rings is 1. The second-order valence-corrected chi connectivity index (χ2v) is 5.29. The van der Waals surface area contributed by atoms with E-state index in [9.17, 15) is 9.59 Å². The lowest BCUT2D eigenvalue weighted by Crippen LogP contribution is -2.42. The van der Waals surface area contributed by atoms with Gasteiger partial charge in [-0.15, -0.1) is 0 Å². The number of amides is 1. The van der Waals surface area contributed by atoms with Crippen LogP contribution in [0, 0.1) is 5.92 Å². The predicted molar refractivity (Wildman–Crippen MR) is 76.9 cm³/mol. The van der Waals surface area contributed by atoms with Gasteiger partial charge in [-0.2, -0.15) is 0 Å². The molecule has 0 bridgehead atoms. The van der Waals surface area contributed by atoms with E-state index in [1.807, 2.05) is 12.1 Å². The van der Waals surface area contributed by atoms with Gasteiger partial charge >= 0.3 is 5.97 Å². The first-order valence-electron chi connectivity index (χ1n) is 6.56. The van der Waals surface area contributed by atoms with E-state index in [4.69, 9.17) is 16.7 Å². The summed E-state index contributed by atoms with van der Waals surface area (Å²) in [5.41, 5.74) is 0.797. The largest absolute Gasteiger partial charge is 0.481 e. The van der Waals surface area contributed by atoms with Crippen molar-refractivity contribution in [2.45, 2.75) is 12.8 Å². The van der Waals surface area contributed by atoms with Crippen LogP contribution in [0.4, 0.5) is 5.69 Å². The smallest absolute Gasteiger partial charge is 0.306 e. The number of carbonyl (C=O) groups excluding carboxylic acids is 1. The van der Waals surface area contributed by atoms with Gasteiger partial charge in [0.2, 0.25) is 5.91 Å². The minimum atomic E-state index is -0.769. The van der Waals surface area contributed by atoms with Gasteiger partial charge in [-0.1, -0.05) is 17.7 Å². The molecule has 1 aromatic rings. The third-order valence-corrected chi connectivity index (χ3v) is 3.70. The average molecular weight is 297 g/mol. The Labute approximate surface area is 122 Å². The fraction of sp³-hybridized carbons (Fsp3) is 0.429. The summed E-state index contributed by atoms with van der Waals surface area (Å²) >= 11 is 5.86. The zero-order chi connectivity index (χ0) is 14.5. The molecule has 0 saturated carbocycles. The number of piperidine rings is 1. The van der Waals surface area contributed by atoms with Crippen LogP contribution in [0.5, 0.6) is 0 Å². The minimum Gasteiger partial charge on any atom is -0.481 e. The van der Waals surface area contributed by atoms with Gasteiger partial charge < -0.3 is 15.3 Å². The fourth-order valence-corrected chi connectivity index (χ4v) is 2.45. The van der Waals surface area contributed by atoms with Crippen molar-refractivity contribution in [3.8, 4) is 0 Å². The van der Waals surface area contributed by atoms with Crippen LogP contribution in [0.1, 0.15) is 12.8 Å². The fourth-order valence-electron chi connectivity index (χ4n) is 2.26. The molecule has 0 atom stereocenters. The van der Waals surface area contributed by atoms with Gasteiger partial charge in [0.25, 0.3) is 0 Å². The van der Waals surface area contributed by atoms with Crippen LogP contribution in [-0.2, 0) is 9.59 Å². The van der Waals surface area contributed by atoms with Gasteiger partial charge in [0.1, 0.15) is 0 Å². The maximum atomic E-state index is 12.0. The number of carbonyl (C=O) groups is 2. The number of nitrogens with one attached hydrogen (secondary N) is 1. The van der Waals surface area contributed by atoms with Gasteiger partial charge in [-0.25, -0.2) is 0 Å². The third kappa shape index (κ3) is 3.87. The van der Waals surface area contributed by atoms with Crippen LogP contribution in [0.3, 0.4) is 0 Å². The second kappa shape index (κ2) is 6.61. The summed E-state index contributed by atoms with van der Waals surface area (Å²) in [7, 11) is 0. The molecule has 1 fully saturated rings. The molecule has 6 heteroatoms. The number of nitrogens with zero attached hydrogens (tertiary/aromatic N) is 1. The van der Waals surface area contributed by atoms with E-state index in [1.54, 1.807) is 17.0 Å². The molecule has 5 nitrogen and oxygen atoms in total. The van der Waals surface area contributed by atoms with Crippen LogP contribution < -0.4 is 5.32 Å². The Bertz CT molecular complexity index is 499. The van der Waals surface area contributed by atoms with Crippen molar-refractivity contribution in [2.75, 3.05) is 25.0 Å². The van der Waals surface area contributed by atoms with E-state index < -0.39 is 5.97 Å². The van der Waals surface area contributed by atoms with E-state index in [0.717, 1.165) is 5.69 Å². The lowest BCUT2D eigenvalue weighted by molar-refractivity contribution is -0.145. The molecule has 0 aliphatic carbocycles. The van der Waals surface area contributed by atoms with E-state index in [1.165, 1.54) is 0 Å². The maximum absolute atomic E-state index is 12.0. The van der Waals surface area contributed by atoms with Crippen molar-refractivity contribution in [2.24, 2.45) is 5.92 Å². The molecular formula is C14H17ClN2O3. The molecular weight excluding hydrogens is 280 g/mol. The number of hydrogen-bond donors (Lipinski definition) is 2. The van der Waals surface area contributed by atoms with Crippen molar-refractivity contribution in [3.05, 3.63) is 29.3 Å². The first kappa shape index (κ1) is 14.7. The Kier molecular flexibility index (Phi) is 4.84.